The highest BCUT2D eigenvalue weighted by Gasteiger charge is 2.42. The first-order chi connectivity index (χ1) is 19.7. The van der Waals surface area contributed by atoms with Crippen LogP contribution in [-0.4, -0.2) is 48.4 Å². The van der Waals surface area contributed by atoms with Crippen molar-refractivity contribution in [1.82, 2.24) is 4.90 Å². The average molecular weight is 557 g/mol. The molecule has 7 heteroatoms. The van der Waals surface area contributed by atoms with Crippen LogP contribution in [0.2, 0.25) is 0 Å². The Kier molecular flexibility index (Phi) is 8.93. The van der Waals surface area contributed by atoms with Gasteiger partial charge in [0.05, 0.1) is 18.7 Å². The molecule has 2 aliphatic rings. The molecule has 2 fully saturated rings. The van der Waals surface area contributed by atoms with Crippen LogP contribution < -0.4 is 10.1 Å². The quantitative estimate of drug-likeness (QED) is 0.288. The van der Waals surface area contributed by atoms with Crippen molar-refractivity contribution in [3.05, 3.63) is 84.4 Å². The number of ether oxygens (including phenoxy) is 3. The van der Waals surface area contributed by atoms with Crippen molar-refractivity contribution in [3.8, 4) is 16.9 Å². The molecule has 0 aromatic heterocycles. The van der Waals surface area contributed by atoms with E-state index in [1.807, 2.05) is 87.5 Å². The summed E-state index contributed by atoms with van der Waals surface area (Å²) in [6.07, 6.45) is 1.60. The Balaban J connectivity index is 1.04. The summed E-state index contributed by atoms with van der Waals surface area (Å²) in [6.45, 7) is 8.78. The molecule has 1 aliphatic heterocycles. The number of rotatable bonds is 9. The van der Waals surface area contributed by atoms with Crippen molar-refractivity contribution >= 4 is 17.7 Å². The second kappa shape index (κ2) is 12.8. The number of anilines is 1. The van der Waals surface area contributed by atoms with Crippen LogP contribution in [0, 0.1) is 11.8 Å². The second-order valence-electron chi connectivity index (χ2n) is 12.1. The highest BCUT2D eigenvalue weighted by molar-refractivity contribution is 5.91. The van der Waals surface area contributed by atoms with E-state index in [-0.39, 0.29) is 24.6 Å². The van der Waals surface area contributed by atoms with Gasteiger partial charge in [-0.05, 0) is 74.8 Å². The Hall–Kier alpha value is -3.84. The summed E-state index contributed by atoms with van der Waals surface area (Å²) in [7, 11) is 0. The van der Waals surface area contributed by atoms with Gasteiger partial charge in [-0.15, -0.1) is 0 Å². The molecule has 0 unspecified atom stereocenters. The number of nitrogens with one attached hydrogen (secondary N) is 1. The third-order valence-electron chi connectivity index (χ3n) is 7.63. The lowest BCUT2D eigenvalue weighted by Crippen LogP contribution is -2.25. The molecule has 7 nitrogen and oxygen atoms in total. The van der Waals surface area contributed by atoms with Gasteiger partial charge in [0, 0.05) is 25.2 Å². The minimum atomic E-state index is -0.481. The molecule has 3 aromatic carbocycles. The zero-order valence-corrected chi connectivity index (χ0v) is 24.2. The molecule has 1 saturated heterocycles. The van der Waals surface area contributed by atoms with Crippen molar-refractivity contribution in [2.24, 2.45) is 11.8 Å². The largest absolute Gasteiger partial charge is 0.493 e. The lowest BCUT2D eigenvalue weighted by Gasteiger charge is -2.20. The number of para-hydroxylation sites is 1. The van der Waals surface area contributed by atoms with Crippen LogP contribution in [0.5, 0.6) is 5.75 Å². The fourth-order valence-corrected chi connectivity index (χ4v) is 5.91. The molecule has 3 atom stereocenters. The van der Waals surface area contributed by atoms with Gasteiger partial charge >= 0.3 is 12.1 Å². The summed E-state index contributed by atoms with van der Waals surface area (Å²) < 4.78 is 16.9. The van der Waals surface area contributed by atoms with Crippen molar-refractivity contribution in [2.75, 3.05) is 25.0 Å². The van der Waals surface area contributed by atoms with Gasteiger partial charge in [-0.25, -0.2) is 4.79 Å². The van der Waals surface area contributed by atoms with Crippen molar-refractivity contribution in [1.29, 1.82) is 0 Å². The van der Waals surface area contributed by atoms with Crippen LogP contribution in [0.25, 0.3) is 11.1 Å². The van der Waals surface area contributed by atoms with E-state index in [4.69, 9.17) is 14.2 Å². The number of carbonyl (C=O) groups excluding carboxylic acids is 2. The summed E-state index contributed by atoms with van der Waals surface area (Å²) in [5, 5.41) is 2.97. The number of benzene rings is 3. The number of fused-ring (bicyclic) bond motifs is 1. The first-order valence-corrected chi connectivity index (χ1v) is 14.5. The van der Waals surface area contributed by atoms with Crippen molar-refractivity contribution < 1.29 is 23.8 Å². The number of esters is 1. The normalized spacial score (nSPS) is 20.3. The van der Waals surface area contributed by atoms with Gasteiger partial charge in [-0.1, -0.05) is 60.7 Å². The van der Waals surface area contributed by atoms with Crippen molar-refractivity contribution in [3.63, 3.8) is 0 Å². The second-order valence-corrected chi connectivity index (χ2v) is 12.1. The van der Waals surface area contributed by atoms with Gasteiger partial charge < -0.3 is 14.2 Å². The predicted molar refractivity (Wildman–Crippen MR) is 160 cm³/mol. The maximum absolute atomic E-state index is 12.8. The molecule has 1 heterocycles. The molecule has 0 bridgehead atoms. The Labute approximate surface area is 242 Å². The van der Waals surface area contributed by atoms with E-state index >= 15 is 0 Å². The van der Waals surface area contributed by atoms with E-state index < -0.39 is 5.60 Å². The summed E-state index contributed by atoms with van der Waals surface area (Å²) in [5.41, 5.74) is 3.54. The average Bonchev–Trinajstić information content (AvgIpc) is 3.47. The smallest absolute Gasteiger partial charge is 0.411 e. The van der Waals surface area contributed by atoms with Gasteiger partial charge in [0.1, 0.15) is 17.5 Å². The number of likely N-dealkylation sites (tertiary alicyclic amines) is 1. The van der Waals surface area contributed by atoms with Crippen molar-refractivity contribution in [2.45, 2.75) is 58.3 Å². The third-order valence-corrected chi connectivity index (χ3v) is 7.63. The standard InChI is InChI=1S/C34H40N2O5/c1-34(2,3)41-32(37)17-18-39-28-15-13-24(14-16-28)21-36-22-26-19-29(20-27(26)23-36)40-33(38)35-31-12-8-7-11-30(31)25-9-5-4-6-10-25/h4-16,26-27,29H,17-23H2,1-3H3,(H,35,38)/t26-,27+,29+. The molecule has 1 N–H and O–H groups in total. The summed E-state index contributed by atoms with van der Waals surface area (Å²) >= 11 is 0. The fourth-order valence-electron chi connectivity index (χ4n) is 5.91. The van der Waals surface area contributed by atoms with E-state index in [0.29, 0.717) is 18.4 Å². The van der Waals surface area contributed by atoms with E-state index in [1.54, 1.807) is 0 Å². The van der Waals surface area contributed by atoms with Crippen LogP contribution in [-0.2, 0) is 20.8 Å². The molecule has 0 spiro atoms. The van der Waals surface area contributed by atoms with E-state index in [1.165, 1.54) is 5.56 Å². The van der Waals surface area contributed by atoms with Gasteiger partial charge in [-0.2, -0.15) is 0 Å². The predicted octanol–water partition coefficient (Wildman–Crippen LogP) is 6.92. The molecule has 1 aliphatic carbocycles. The third kappa shape index (κ3) is 8.10. The Bertz CT molecular complexity index is 1300. The number of hydrogen-bond acceptors (Lipinski definition) is 6. The zero-order valence-electron chi connectivity index (χ0n) is 24.2. The molecule has 5 rings (SSSR count). The van der Waals surface area contributed by atoms with E-state index in [9.17, 15) is 9.59 Å². The topological polar surface area (TPSA) is 77.1 Å². The first kappa shape index (κ1) is 28.7. The van der Waals surface area contributed by atoms with Crippen LogP contribution >= 0.6 is 0 Å². The molecule has 1 saturated carbocycles. The lowest BCUT2D eigenvalue weighted by atomic mass is 10.0. The van der Waals surface area contributed by atoms with Crippen LogP contribution in [0.1, 0.15) is 45.6 Å². The first-order valence-electron chi connectivity index (χ1n) is 14.5. The molecule has 0 radical (unpaired) electrons. The van der Waals surface area contributed by atoms with Crippen LogP contribution in [0.4, 0.5) is 10.5 Å². The Morgan fingerprint density at radius 2 is 1.54 bits per heavy atom. The molecule has 41 heavy (non-hydrogen) atoms. The highest BCUT2D eigenvalue weighted by atomic mass is 16.6. The number of hydrogen-bond donors (Lipinski definition) is 1. The number of nitrogens with zero attached hydrogens (tertiary/aromatic N) is 1. The Morgan fingerprint density at radius 3 is 2.22 bits per heavy atom. The molecular formula is C34H40N2O5. The molecular weight excluding hydrogens is 516 g/mol. The summed E-state index contributed by atoms with van der Waals surface area (Å²) in [4.78, 5) is 27.1. The summed E-state index contributed by atoms with van der Waals surface area (Å²) in [6, 6.07) is 25.9. The minimum absolute atomic E-state index is 0.0480. The SMILES string of the molecule is CC(C)(C)OC(=O)CCOc1ccc(CN2C[C@H]3C[C@H](OC(=O)Nc4ccccc4-c4ccccc4)C[C@H]3C2)cc1. The number of carbonyl (C=O) groups is 2. The molecule has 3 aromatic rings. The maximum Gasteiger partial charge on any atom is 0.411 e. The van der Waals surface area contributed by atoms with Crippen LogP contribution in [0.3, 0.4) is 0 Å². The van der Waals surface area contributed by atoms with Gasteiger partial charge in [-0.3, -0.25) is 15.0 Å². The van der Waals surface area contributed by atoms with Gasteiger partial charge in [0.2, 0.25) is 0 Å². The Morgan fingerprint density at radius 1 is 0.878 bits per heavy atom. The highest BCUT2D eigenvalue weighted by Crippen LogP contribution is 2.40. The van der Waals surface area contributed by atoms with Gasteiger partial charge in [0.25, 0.3) is 0 Å². The fraction of sp³-hybridized carbons (Fsp3) is 0.412. The monoisotopic (exact) mass is 556 g/mol. The van der Waals surface area contributed by atoms with Gasteiger partial charge in [0.15, 0.2) is 0 Å². The number of amides is 1. The zero-order chi connectivity index (χ0) is 28.8. The molecule has 1 amide bonds. The maximum atomic E-state index is 12.8. The lowest BCUT2D eigenvalue weighted by molar-refractivity contribution is -0.155. The minimum Gasteiger partial charge on any atom is -0.493 e. The van der Waals surface area contributed by atoms with Crippen LogP contribution in [0.15, 0.2) is 78.9 Å². The van der Waals surface area contributed by atoms with E-state index in [0.717, 1.165) is 55.0 Å². The molecule has 216 valence electrons. The summed E-state index contributed by atoms with van der Waals surface area (Å²) in [5.74, 6) is 1.58. The van der Waals surface area contributed by atoms with E-state index in [2.05, 4.69) is 22.3 Å².